The number of hydrogen-bond acceptors (Lipinski definition) is 4. The van der Waals surface area contributed by atoms with E-state index in [1.54, 1.807) is 4.68 Å². The summed E-state index contributed by atoms with van der Waals surface area (Å²) >= 11 is 0. The molecule has 3 fully saturated rings. The van der Waals surface area contributed by atoms with E-state index in [1.165, 1.54) is 25.7 Å². The topological polar surface area (TPSA) is 63.9 Å². The summed E-state index contributed by atoms with van der Waals surface area (Å²) in [7, 11) is 0. The van der Waals surface area contributed by atoms with E-state index in [1.807, 2.05) is 0 Å². The van der Waals surface area contributed by atoms with Crippen molar-refractivity contribution in [3.05, 3.63) is 5.82 Å². The Labute approximate surface area is 131 Å². The van der Waals surface area contributed by atoms with Crippen LogP contribution in [0.5, 0.6) is 0 Å². The SMILES string of the molecule is C[C@H](C1CC1)N(C(=O)Cn1nnnc1C1CCCC1)C1CC1. The molecule has 0 spiro atoms. The third-order valence-corrected chi connectivity index (χ3v) is 5.54. The van der Waals surface area contributed by atoms with Gasteiger partial charge in [-0.25, -0.2) is 4.68 Å². The van der Waals surface area contributed by atoms with Gasteiger partial charge in [-0.3, -0.25) is 4.79 Å². The van der Waals surface area contributed by atoms with Crippen LogP contribution in [-0.2, 0) is 11.3 Å². The number of rotatable bonds is 6. The van der Waals surface area contributed by atoms with Crippen LogP contribution in [0.15, 0.2) is 0 Å². The first-order valence-electron chi connectivity index (χ1n) is 8.81. The molecular weight excluding hydrogens is 278 g/mol. The molecule has 0 radical (unpaired) electrons. The third-order valence-electron chi connectivity index (χ3n) is 5.54. The minimum Gasteiger partial charge on any atom is -0.335 e. The zero-order valence-corrected chi connectivity index (χ0v) is 13.3. The van der Waals surface area contributed by atoms with Gasteiger partial charge in [0.1, 0.15) is 6.54 Å². The van der Waals surface area contributed by atoms with E-state index in [2.05, 4.69) is 27.3 Å². The normalized spacial score (nSPS) is 23.7. The lowest BCUT2D eigenvalue weighted by Gasteiger charge is -2.29. The summed E-state index contributed by atoms with van der Waals surface area (Å²) in [5.74, 6) is 2.28. The van der Waals surface area contributed by atoms with Crippen molar-refractivity contribution in [2.75, 3.05) is 0 Å². The summed E-state index contributed by atoms with van der Waals surface area (Å²) < 4.78 is 1.76. The van der Waals surface area contributed by atoms with Crippen LogP contribution in [-0.4, -0.2) is 43.1 Å². The number of carbonyl (C=O) groups excluding carboxylic acids is 1. The van der Waals surface area contributed by atoms with E-state index in [-0.39, 0.29) is 5.91 Å². The van der Waals surface area contributed by atoms with Crippen molar-refractivity contribution in [2.24, 2.45) is 5.92 Å². The summed E-state index contributed by atoms with van der Waals surface area (Å²) in [6, 6.07) is 0.848. The molecule has 1 aromatic rings. The highest BCUT2D eigenvalue weighted by atomic mass is 16.2. The molecule has 0 saturated heterocycles. The summed E-state index contributed by atoms with van der Waals surface area (Å²) in [5, 5.41) is 12.1. The molecule has 120 valence electrons. The fraction of sp³-hybridized carbons (Fsp3) is 0.875. The first kappa shape index (κ1) is 14.2. The Balaban J connectivity index is 1.47. The fourth-order valence-corrected chi connectivity index (χ4v) is 3.93. The predicted molar refractivity (Wildman–Crippen MR) is 81.1 cm³/mol. The van der Waals surface area contributed by atoms with Crippen molar-refractivity contribution < 1.29 is 4.79 Å². The average molecular weight is 303 g/mol. The molecular formula is C16H25N5O. The summed E-state index contributed by atoms with van der Waals surface area (Å²) in [6.07, 6.45) is 9.67. The molecule has 3 saturated carbocycles. The lowest BCUT2D eigenvalue weighted by Crippen LogP contribution is -2.43. The Hall–Kier alpha value is -1.46. The van der Waals surface area contributed by atoms with E-state index in [0.717, 1.165) is 31.5 Å². The van der Waals surface area contributed by atoms with Crippen LogP contribution in [0, 0.1) is 5.92 Å². The summed E-state index contributed by atoms with van der Waals surface area (Å²) in [6.45, 7) is 2.53. The van der Waals surface area contributed by atoms with Gasteiger partial charge in [-0.15, -0.1) is 5.10 Å². The second kappa shape index (κ2) is 5.63. The second-order valence-corrected chi connectivity index (χ2v) is 7.29. The number of nitrogens with zero attached hydrogens (tertiary/aromatic N) is 5. The standard InChI is InChI=1S/C16H25N5O/c1-11(12-6-7-12)21(14-8-9-14)15(22)10-20-16(17-18-19-20)13-4-2-3-5-13/h11-14H,2-10H2,1H3/t11-/m1/s1. The Morgan fingerprint density at radius 1 is 1.23 bits per heavy atom. The van der Waals surface area contributed by atoms with E-state index in [0.29, 0.717) is 30.5 Å². The monoisotopic (exact) mass is 303 g/mol. The van der Waals surface area contributed by atoms with Gasteiger partial charge in [-0.1, -0.05) is 12.8 Å². The van der Waals surface area contributed by atoms with Crippen molar-refractivity contribution >= 4 is 5.91 Å². The Morgan fingerprint density at radius 2 is 1.95 bits per heavy atom. The van der Waals surface area contributed by atoms with E-state index >= 15 is 0 Å². The molecule has 3 aliphatic rings. The van der Waals surface area contributed by atoms with Crippen LogP contribution in [0.1, 0.15) is 70.0 Å². The van der Waals surface area contributed by atoms with Crippen molar-refractivity contribution in [3.8, 4) is 0 Å². The number of hydrogen-bond donors (Lipinski definition) is 0. The van der Waals surface area contributed by atoms with Crippen LogP contribution < -0.4 is 0 Å². The molecule has 0 bridgehead atoms. The quantitative estimate of drug-likeness (QED) is 0.807. The van der Waals surface area contributed by atoms with Gasteiger partial charge >= 0.3 is 0 Å². The van der Waals surface area contributed by atoms with E-state index in [9.17, 15) is 4.79 Å². The number of carbonyl (C=O) groups is 1. The van der Waals surface area contributed by atoms with Crippen LogP contribution in [0.25, 0.3) is 0 Å². The minimum atomic E-state index is 0.202. The van der Waals surface area contributed by atoms with Gasteiger partial charge in [-0.05, 0) is 61.8 Å². The predicted octanol–water partition coefficient (Wildman–Crippen LogP) is 2.12. The van der Waals surface area contributed by atoms with Crippen LogP contribution >= 0.6 is 0 Å². The molecule has 1 heterocycles. The number of aromatic nitrogens is 4. The zero-order chi connectivity index (χ0) is 15.1. The molecule has 22 heavy (non-hydrogen) atoms. The molecule has 0 N–H and O–H groups in total. The van der Waals surface area contributed by atoms with Gasteiger partial charge in [0.25, 0.3) is 0 Å². The first-order chi connectivity index (χ1) is 10.7. The minimum absolute atomic E-state index is 0.202. The van der Waals surface area contributed by atoms with Gasteiger partial charge in [-0.2, -0.15) is 0 Å². The van der Waals surface area contributed by atoms with Crippen LogP contribution in [0.4, 0.5) is 0 Å². The molecule has 1 aromatic heterocycles. The van der Waals surface area contributed by atoms with Gasteiger partial charge < -0.3 is 4.90 Å². The van der Waals surface area contributed by atoms with Gasteiger partial charge in [0.05, 0.1) is 0 Å². The van der Waals surface area contributed by atoms with Crippen molar-refractivity contribution in [1.82, 2.24) is 25.1 Å². The van der Waals surface area contributed by atoms with Crippen molar-refractivity contribution in [1.29, 1.82) is 0 Å². The smallest absolute Gasteiger partial charge is 0.244 e. The largest absolute Gasteiger partial charge is 0.335 e. The highest BCUT2D eigenvalue weighted by Crippen LogP contribution is 2.40. The molecule has 6 heteroatoms. The summed E-state index contributed by atoms with van der Waals surface area (Å²) in [5.41, 5.74) is 0. The summed E-state index contributed by atoms with van der Waals surface area (Å²) in [4.78, 5) is 15.0. The molecule has 0 unspecified atom stereocenters. The molecule has 3 aliphatic carbocycles. The molecule has 0 aromatic carbocycles. The van der Waals surface area contributed by atoms with E-state index < -0.39 is 0 Å². The molecule has 4 rings (SSSR count). The lowest BCUT2D eigenvalue weighted by atomic mass is 10.1. The van der Waals surface area contributed by atoms with E-state index in [4.69, 9.17) is 0 Å². The number of amides is 1. The highest BCUT2D eigenvalue weighted by Gasteiger charge is 2.41. The van der Waals surface area contributed by atoms with Crippen LogP contribution in [0.3, 0.4) is 0 Å². The molecule has 1 atom stereocenters. The average Bonchev–Trinajstić information content (AvgIpc) is 3.41. The molecule has 0 aliphatic heterocycles. The van der Waals surface area contributed by atoms with Gasteiger partial charge in [0, 0.05) is 18.0 Å². The maximum Gasteiger partial charge on any atom is 0.244 e. The molecule has 6 nitrogen and oxygen atoms in total. The fourth-order valence-electron chi connectivity index (χ4n) is 3.93. The molecule has 1 amide bonds. The van der Waals surface area contributed by atoms with Crippen molar-refractivity contribution in [2.45, 2.75) is 82.8 Å². The maximum atomic E-state index is 12.8. The Morgan fingerprint density at radius 3 is 2.59 bits per heavy atom. The highest BCUT2D eigenvalue weighted by molar-refractivity contribution is 5.77. The second-order valence-electron chi connectivity index (χ2n) is 7.29. The van der Waals surface area contributed by atoms with Crippen molar-refractivity contribution in [3.63, 3.8) is 0 Å². The first-order valence-corrected chi connectivity index (χ1v) is 8.81. The van der Waals surface area contributed by atoms with Gasteiger partial charge in [0.2, 0.25) is 5.91 Å². The Bertz CT molecular complexity index is 542. The van der Waals surface area contributed by atoms with Crippen LogP contribution in [0.2, 0.25) is 0 Å². The Kier molecular flexibility index (Phi) is 3.62. The lowest BCUT2D eigenvalue weighted by molar-refractivity contribution is -0.135. The zero-order valence-electron chi connectivity index (χ0n) is 13.3. The maximum absolute atomic E-state index is 12.8. The number of tetrazole rings is 1. The van der Waals surface area contributed by atoms with Gasteiger partial charge in [0.15, 0.2) is 5.82 Å². The third kappa shape index (κ3) is 2.75.